The highest BCUT2D eigenvalue weighted by Crippen LogP contribution is 2.17. The van der Waals surface area contributed by atoms with Crippen LogP contribution in [0, 0.1) is 0 Å². The van der Waals surface area contributed by atoms with E-state index < -0.39 is 5.97 Å². The second-order valence-electron chi connectivity index (χ2n) is 6.44. The molecule has 0 aliphatic carbocycles. The fourth-order valence-electron chi connectivity index (χ4n) is 2.77. The summed E-state index contributed by atoms with van der Waals surface area (Å²) >= 11 is 0. The molecule has 1 amide bonds. The monoisotopic (exact) mass is 343 g/mol. The van der Waals surface area contributed by atoms with Gasteiger partial charge in [-0.2, -0.15) is 5.10 Å². The highest BCUT2D eigenvalue weighted by molar-refractivity contribution is 5.92. The van der Waals surface area contributed by atoms with Gasteiger partial charge in [-0.25, -0.2) is 0 Å². The van der Waals surface area contributed by atoms with Crippen molar-refractivity contribution < 1.29 is 14.7 Å². The lowest BCUT2D eigenvalue weighted by Crippen LogP contribution is -2.32. The second kappa shape index (κ2) is 8.46. The van der Waals surface area contributed by atoms with Crippen LogP contribution in [0.2, 0.25) is 0 Å². The van der Waals surface area contributed by atoms with Crippen LogP contribution in [-0.2, 0) is 18.4 Å². The zero-order chi connectivity index (χ0) is 18.4. The second-order valence-corrected chi connectivity index (χ2v) is 6.44. The Labute approximate surface area is 148 Å². The number of amides is 1. The Morgan fingerprint density at radius 2 is 1.92 bits per heavy atom. The first kappa shape index (κ1) is 18.7. The Balaban J connectivity index is 2.19. The van der Waals surface area contributed by atoms with Crippen LogP contribution in [0.4, 0.5) is 0 Å². The van der Waals surface area contributed by atoms with Gasteiger partial charge in [-0.05, 0) is 24.0 Å². The number of hydrogen-bond acceptors (Lipinski definition) is 3. The fraction of sp³-hybridized carbons (Fsp3) is 0.421. The van der Waals surface area contributed by atoms with Crippen LogP contribution in [0.15, 0.2) is 36.4 Å². The van der Waals surface area contributed by atoms with Gasteiger partial charge in [0.1, 0.15) is 0 Å². The van der Waals surface area contributed by atoms with Crippen molar-refractivity contribution in [2.24, 2.45) is 7.05 Å². The lowest BCUT2D eigenvalue weighted by molar-refractivity contribution is -0.137. The Hall–Kier alpha value is -2.63. The average molecular weight is 343 g/mol. The standard InChI is InChI=1S/C19H25N3O3/c1-14(2)17-12-16(20-21(17)3)19(25)22(11-7-10-18(23)24)13-15-8-5-4-6-9-15/h4-6,8-9,12,14H,7,10-11,13H2,1-3H3,(H,23,24). The summed E-state index contributed by atoms with van der Waals surface area (Å²) in [5.41, 5.74) is 2.40. The Morgan fingerprint density at radius 3 is 2.48 bits per heavy atom. The quantitative estimate of drug-likeness (QED) is 0.799. The topological polar surface area (TPSA) is 75.4 Å². The summed E-state index contributed by atoms with van der Waals surface area (Å²) in [5, 5.41) is 13.2. The molecule has 6 heteroatoms. The van der Waals surface area contributed by atoms with E-state index in [0.29, 0.717) is 25.2 Å². The van der Waals surface area contributed by atoms with Crippen molar-refractivity contribution in [2.75, 3.05) is 6.54 Å². The molecule has 2 rings (SSSR count). The van der Waals surface area contributed by atoms with E-state index >= 15 is 0 Å². The minimum Gasteiger partial charge on any atom is -0.481 e. The first-order chi connectivity index (χ1) is 11.9. The minimum absolute atomic E-state index is 0.0397. The van der Waals surface area contributed by atoms with E-state index in [9.17, 15) is 9.59 Å². The molecule has 0 aliphatic heterocycles. The normalized spacial score (nSPS) is 10.9. The molecule has 134 valence electrons. The van der Waals surface area contributed by atoms with Crippen molar-refractivity contribution in [1.82, 2.24) is 14.7 Å². The molecule has 0 saturated heterocycles. The third-order valence-corrected chi connectivity index (χ3v) is 4.05. The van der Waals surface area contributed by atoms with E-state index in [1.54, 1.807) is 9.58 Å². The van der Waals surface area contributed by atoms with Crippen LogP contribution in [0.1, 0.15) is 54.4 Å². The van der Waals surface area contributed by atoms with Gasteiger partial charge in [0.2, 0.25) is 0 Å². The third-order valence-electron chi connectivity index (χ3n) is 4.05. The number of benzene rings is 1. The van der Waals surface area contributed by atoms with Crippen molar-refractivity contribution >= 4 is 11.9 Å². The molecule has 6 nitrogen and oxygen atoms in total. The maximum atomic E-state index is 12.9. The first-order valence-corrected chi connectivity index (χ1v) is 8.47. The molecule has 1 N–H and O–H groups in total. The Kier molecular flexibility index (Phi) is 6.33. The highest BCUT2D eigenvalue weighted by atomic mass is 16.4. The predicted molar refractivity (Wildman–Crippen MR) is 95.3 cm³/mol. The highest BCUT2D eigenvalue weighted by Gasteiger charge is 2.21. The molecule has 1 heterocycles. The number of aliphatic carboxylic acids is 1. The molecule has 0 unspecified atom stereocenters. The number of carboxylic acid groups (broad SMARTS) is 1. The number of carbonyl (C=O) groups is 2. The number of aryl methyl sites for hydroxylation is 1. The molecule has 0 saturated carbocycles. The number of aromatic nitrogens is 2. The summed E-state index contributed by atoms with van der Waals surface area (Å²) in [5.74, 6) is -0.752. The summed E-state index contributed by atoms with van der Waals surface area (Å²) in [4.78, 5) is 25.4. The van der Waals surface area contributed by atoms with E-state index in [1.165, 1.54) is 0 Å². The van der Waals surface area contributed by atoms with E-state index in [-0.39, 0.29) is 18.2 Å². The third kappa shape index (κ3) is 5.17. The minimum atomic E-state index is -0.855. The lowest BCUT2D eigenvalue weighted by atomic mass is 10.1. The van der Waals surface area contributed by atoms with Gasteiger partial charge in [0.15, 0.2) is 5.69 Å². The van der Waals surface area contributed by atoms with Gasteiger partial charge in [0, 0.05) is 32.3 Å². The van der Waals surface area contributed by atoms with Crippen molar-refractivity contribution in [3.05, 3.63) is 53.3 Å². The van der Waals surface area contributed by atoms with Gasteiger partial charge in [-0.3, -0.25) is 14.3 Å². The van der Waals surface area contributed by atoms with E-state index in [0.717, 1.165) is 11.3 Å². The molecule has 0 spiro atoms. The van der Waals surface area contributed by atoms with Gasteiger partial charge in [0.25, 0.3) is 5.91 Å². The number of carboxylic acids is 1. The van der Waals surface area contributed by atoms with E-state index in [1.807, 2.05) is 43.4 Å². The van der Waals surface area contributed by atoms with E-state index in [2.05, 4.69) is 18.9 Å². The maximum absolute atomic E-state index is 12.9. The van der Waals surface area contributed by atoms with Gasteiger partial charge in [0.05, 0.1) is 0 Å². The molecule has 0 fully saturated rings. The molecule has 2 aromatic rings. The van der Waals surface area contributed by atoms with Crippen LogP contribution in [-0.4, -0.2) is 38.2 Å². The van der Waals surface area contributed by atoms with Crippen molar-refractivity contribution in [3.8, 4) is 0 Å². The summed E-state index contributed by atoms with van der Waals surface area (Å²) in [6.07, 6.45) is 0.454. The molecular weight excluding hydrogens is 318 g/mol. The van der Waals surface area contributed by atoms with Gasteiger partial charge < -0.3 is 10.0 Å². The Bertz CT molecular complexity index is 723. The smallest absolute Gasteiger partial charge is 0.303 e. The first-order valence-electron chi connectivity index (χ1n) is 8.47. The van der Waals surface area contributed by atoms with Crippen LogP contribution in [0.25, 0.3) is 0 Å². The molecule has 0 aliphatic rings. The van der Waals surface area contributed by atoms with Crippen LogP contribution >= 0.6 is 0 Å². The van der Waals surface area contributed by atoms with Crippen molar-refractivity contribution in [2.45, 2.75) is 39.2 Å². The predicted octanol–water partition coefficient (Wildman–Crippen LogP) is 3.05. The number of nitrogens with zero attached hydrogens (tertiary/aromatic N) is 3. The maximum Gasteiger partial charge on any atom is 0.303 e. The fourth-order valence-corrected chi connectivity index (χ4v) is 2.77. The zero-order valence-corrected chi connectivity index (χ0v) is 15.0. The SMILES string of the molecule is CC(C)c1cc(C(=O)N(CCCC(=O)O)Cc2ccccc2)nn1C. The van der Waals surface area contributed by atoms with Gasteiger partial charge in [-0.15, -0.1) is 0 Å². The van der Waals surface area contributed by atoms with Crippen LogP contribution in [0.5, 0.6) is 0 Å². The van der Waals surface area contributed by atoms with Crippen molar-refractivity contribution in [1.29, 1.82) is 0 Å². The summed E-state index contributed by atoms with van der Waals surface area (Å²) in [7, 11) is 1.83. The van der Waals surface area contributed by atoms with Gasteiger partial charge in [-0.1, -0.05) is 44.2 Å². The lowest BCUT2D eigenvalue weighted by Gasteiger charge is -2.21. The van der Waals surface area contributed by atoms with Crippen LogP contribution < -0.4 is 0 Å². The van der Waals surface area contributed by atoms with Crippen molar-refractivity contribution in [3.63, 3.8) is 0 Å². The number of rotatable bonds is 8. The number of carbonyl (C=O) groups excluding carboxylic acids is 1. The molecular formula is C19H25N3O3. The summed E-state index contributed by atoms with van der Waals surface area (Å²) < 4.78 is 1.73. The molecule has 0 bridgehead atoms. The number of hydrogen-bond donors (Lipinski definition) is 1. The molecule has 1 aromatic heterocycles. The molecule has 0 atom stereocenters. The molecule has 0 radical (unpaired) electrons. The summed E-state index contributed by atoms with van der Waals surface area (Å²) in [6.45, 7) is 4.93. The molecule has 25 heavy (non-hydrogen) atoms. The average Bonchev–Trinajstić information content (AvgIpc) is 2.96. The zero-order valence-electron chi connectivity index (χ0n) is 15.0. The van der Waals surface area contributed by atoms with E-state index in [4.69, 9.17) is 5.11 Å². The van der Waals surface area contributed by atoms with Crippen LogP contribution in [0.3, 0.4) is 0 Å². The largest absolute Gasteiger partial charge is 0.481 e. The Morgan fingerprint density at radius 1 is 1.24 bits per heavy atom. The molecule has 1 aromatic carbocycles. The van der Waals surface area contributed by atoms with Gasteiger partial charge >= 0.3 is 5.97 Å². The summed E-state index contributed by atoms with van der Waals surface area (Å²) in [6, 6.07) is 11.5.